The van der Waals surface area contributed by atoms with Crippen LogP contribution in [0, 0.1) is 0 Å². The molecule has 1 aromatic rings. The van der Waals surface area contributed by atoms with Crippen LogP contribution < -0.4 is 10.6 Å². The molecule has 180 valence electrons. The second-order valence-corrected chi connectivity index (χ2v) is 7.05. The van der Waals surface area contributed by atoms with Gasteiger partial charge in [0.15, 0.2) is 0 Å². The predicted molar refractivity (Wildman–Crippen MR) is 111 cm³/mol. The van der Waals surface area contributed by atoms with E-state index >= 15 is 0 Å². The first-order chi connectivity index (χ1) is 15.1. The molecular weight excluding hydrogens is 431 g/mol. The van der Waals surface area contributed by atoms with Crippen molar-refractivity contribution in [2.45, 2.75) is 44.8 Å². The lowest BCUT2D eigenvalue weighted by molar-refractivity contribution is -0.192. The van der Waals surface area contributed by atoms with Crippen LogP contribution in [-0.2, 0) is 20.7 Å². The number of likely N-dealkylation sites (tertiary alicyclic amines) is 1. The van der Waals surface area contributed by atoms with Crippen LogP contribution in [0.2, 0.25) is 0 Å². The highest BCUT2D eigenvalue weighted by Crippen LogP contribution is 2.13. The molecule has 0 spiro atoms. The van der Waals surface area contributed by atoms with E-state index in [1.807, 2.05) is 37.3 Å². The van der Waals surface area contributed by atoms with Gasteiger partial charge in [0.25, 0.3) is 0 Å². The summed E-state index contributed by atoms with van der Waals surface area (Å²) in [6, 6.07) is 10.4. The molecule has 1 saturated heterocycles. The van der Waals surface area contributed by atoms with E-state index in [0.29, 0.717) is 25.6 Å². The molecule has 8 nitrogen and oxygen atoms in total. The molecule has 2 rings (SSSR count). The van der Waals surface area contributed by atoms with Crippen molar-refractivity contribution in [2.75, 3.05) is 32.8 Å². The maximum atomic E-state index is 11.9. The number of hydrogen-bond donors (Lipinski definition) is 3. The number of amides is 2. The van der Waals surface area contributed by atoms with Crippen LogP contribution in [0.25, 0.3) is 0 Å². The van der Waals surface area contributed by atoms with Crippen LogP contribution in [0.15, 0.2) is 30.3 Å². The van der Waals surface area contributed by atoms with E-state index in [4.69, 9.17) is 14.6 Å². The number of carboxylic acid groups (broad SMARTS) is 1. The number of alkyl halides is 3. The number of carbonyl (C=O) groups is 3. The lowest BCUT2D eigenvalue weighted by Crippen LogP contribution is -2.46. The van der Waals surface area contributed by atoms with Gasteiger partial charge in [0.05, 0.1) is 6.61 Å². The van der Waals surface area contributed by atoms with Gasteiger partial charge in [-0.05, 0) is 31.7 Å². The average molecular weight is 461 g/mol. The standard InChI is InChI=1S/C19H29N3O3.C2HF3O2/c1-2-25-19(24)22-14-10-17(11-15-22)20-12-13-21-18(23)9-8-16-6-4-3-5-7-16;3-2(4,5)1(6)7/h3-7,17,20H,2,8-15H2,1H3,(H,21,23);(H,6,7). The van der Waals surface area contributed by atoms with Gasteiger partial charge in [-0.2, -0.15) is 13.2 Å². The Morgan fingerprint density at radius 3 is 2.25 bits per heavy atom. The van der Waals surface area contributed by atoms with Crippen LogP contribution in [0.5, 0.6) is 0 Å². The van der Waals surface area contributed by atoms with Crippen LogP contribution in [0.1, 0.15) is 31.7 Å². The number of nitrogens with one attached hydrogen (secondary N) is 2. The molecule has 1 aliphatic heterocycles. The molecule has 1 heterocycles. The summed E-state index contributed by atoms with van der Waals surface area (Å²) in [4.78, 5) is 34.1. The van der Waals surface area contributed by atoms with Crippen molar-refractivity contribution >= 4 is 18.0 Å². The monoisotopic (exact) mass is 461 g/mol. The number of aryl methyl sites for hydroxylation is 1. The Hall–Kier alpha value is -2.82. The zero-order valence-electron chi connectivity index (χ0n) is 18.0. The number of benzene rings is 1. The predicted octanol–water partition coefficient (Wildman–Crippen LogP) is 2.58. The summed E-state index contributed by atoms with van der Waals surface area (Å²) in [7, 11) is 0. The molecule has 0 radical (unpaired) electrons. The third-order valence-electron chi connectivity index (χ3n) is 4.63. The fraction of sp³-hybridized carbons (Fsp3) is 0.571. The van der Waals surface area contributed by atoms with Crippen LogP contribution in [-0.4, -0.2) is 73.0 Å². The lowest BCUT2D eigenvalue weighted by atomic mass is 10.1. The SMILES string of the molecule is CCOC(=O)N1CCC(NCCNC(=O)CCc2ccccc2)CC1.O=C(O)C(F)(F)F. The van der Waals surface area contributed by atoms with Crippen molar-refractivity contribution in [1.82, 2.24) is 15.5 Å². The molecule has 3 N–H and O–H groups in total. The Morgan fingerprint density at radius 1 is 1.12 bits per heavy atom. The molecule has 11 heteroatoms. The highest BCUT2D eigenvalue weighted by Gasteiger charge is 2.38. The number of ether oxygens (including phenoxy) is 1. The van der Waals surface area contributed by atoms with E-state index in [1.54, 1.807) is 4.90 Å². The van der Waals surface area contributed by atoms with Crippen LogP contribution >= 0.6 is 0 Å². The molecule has 1 fully saturated rings. The van der Waals surface area contributed by atoms with Crippen molar-refractivity contribution in [3.8, 4) is 0 Å². The van der Waals surface area contributed by atoms with Crippen molar-refractivity contribution in [2.24, 2.45) is 0 Å². The van der Waals surface area contributed by atoms with Gasteiger partial charge in [0.2, 0.25) is 5.91 Å². The number of carboxylic acids is 1. The van der Waals surface area contributed by atoms with E-state index in [1.165, 1.54) is 5.56 Å². The molecule has 2 amide bonds. The molecule has 0 aromatic heterocycles. The number of piperidine rings is 1. The first kappa shape index (κ1) is 27.2. The zero-order chi connectivity index (χ0) is 24.0. The van der Waals surface area contributed by atoms with E-state index in [9.17, 15) is 22.8 Å². The number of hydrogen-bond acceptors (Lipinski definition) is 5. The number of nitrogens with zero attached hydrogens (tertiary/aromatic N) is 1. The number of rotatable bonds is 8. The summed E-state index contributed by atoms with van der Waals surface area (Å²) in [6.07, 6.45) is -2.18. The molecule has 0 bridgehead atoms. The number of carbonyl (C=O) groups excluding carboxylic acids is 2. The molecule has 0 atom stereocenters. The van der Waals surface area contributed by atoms with Crippen molar-refractivity contribution < 1.29 is 37.4 Å². The fourth-order valence-electron chi connectivity index (χ4n) is 2.95. The summed E-state index contributed by atoms with van der Waals surface area (Å²) in [5.41, 5.74) is 1.18. The second kappa shape index (κ2) is 14.3. The van der Waals surface area contributed by atoms with Gasteiger partial charge in [0, 0.05) is 38.6 Å². The van der Waals surface area contributed by atoms with Gasteiger partial charge in [-0.3, -0.25) is 4.79 Å². The topological polar surface area (TPSA) is 108 Å². The molecule has 1 aromatic carbocycles. The zero-order valence-corrected chi connectivity index (χ0v) is 18.0. The van der Waals surface area contributed by atoms with Crippen molar-refractivity contribution in [3.05, 3.63) is 35.9 Å². The molecule has 0 aliphatic carbocycles. The molecule has 0 unspecified atom stereocenters. The normalized spacial score (nSPS) is 14.2. The largest absolute Gasteiger partial charge is 0.490 e. The van der Waals surface area contributed by atoms with E-state index in [0.717, 1.165) is 38.9 Å². The Labute approximate surface area is 185 Å². The van der Waals surface area contributed by atoms with E-state index in [2.05, 4.69) is 10.6 Å². The lowest BCUT2D eigenvalue weighted by Gasteiger charge is -2.31. The molecule has 32 heavy (non-hydrogen) atoms. The molecule has 1 aliphatic rings. The highest BCUT2D eigenvalue weighted by molar-refractivity contribution is 5.76. The quantitative estimate of drug-likeness (QED) is 0.514. The van der Waals surface area contributed by atoms with Gasteiger partial charge in [0.1, 0.15) is 0 Å². The first-order valence-electron chi connectivity index (χ1n) is 10.4. The minimum Gasteiger partial charge on any atom is -0.475 e. The smallest absolute Gasteiger partial charge is 0.475 e. The summed E-state index contributed by atoms with van der Waals surface area (Å²) < 4.78 is 36.8. The van der Waals surface area contributed by atoms with Crippen LogP contribution in [0.4, 0.5) is 18.0 Å². The summed E-state index contributed by atoms with van der Waals surface area (Å²) >= 11 is 0. The highest BCUT2D eigenvalue weighted by atomic mass is 19.4. The fourth-order valence-corrected chi connectivity index (χ4v) is 2.95. The van der Waals surface area contributed by atoms with E-state index < -0.39 is 12.1 Å². The van der Waals surface area contributed by atoms with Gasteiger partial charge in [-0.1, -0.05) is 30.3 Å². The third kappa shape index (κ3) is 11.5. The Morgan fingerprint density at radius 2 is 1.72 bits per heavy atom. The average Bonchev–Trinajstić information content (AvgIpc) is 2.76. The van der Waals surface area contributed by atoms with Crippen molar-refractivity contribution in [3.63, 3.8) is 0 Å². The third-order valence-corrected chi connectivity index (χ3v) is 4.63. The minimum absolute atomic E-state index is 0.0859. The summed E-state index contributed by atoms with van der Waals surface area (Å²) in [5, 5.41) is 13.5. The summed E-state index contributed by atoms with van der Waals surface area (Å²) in [6.45, 7) is 5.06. The molecular formula is C21H30F3N3O5. The minimum atomic E-state index is -5.08. The molecule has 0 saturated carbocycles. The Balaban J connectivity index is 0.000000633. The Bertz CT molecular complexity index is 708. The maximum absolute atomic E-state index is 11.9. The number of aliphatic carboxylic acids is 1. The first-order valence-corrected chi connectivity index (χ1v) is 10.4. The van der Waals surface area contributed by atoms with Gasteiger partial charge < -0.3 is 25.4 Å². The summed E-state index contributed by atoms with van der Waals surface area (Å²) in [5.74, 6) is -2.67. The van der Waals surface area contributed by atoms with Crippen LogP contribution in [0.3, 0.4) is 0 Å². The van der Waals surface area contributed by atoms with Crippen molar-refractivity contribution in [1.29, 1.82) is 0 Å². The maximum Gasteiger partial charge on any atom is 0.490 e. The second-order valence-electron chi connectivity index (χ2n) is 7.05. The van der Waals surface area contributed by atoms with Gasteiger partial charge >= 0.3 is 18.2 Å². The van der Waals surface area contributed by atoms with E-state index in [-0.39, 0.29) is 12.0 Å². The van der Waals surface area contributed by atoms with Gasteiger partial charge in [-0.15, -0.1) is 0 Å². The Kier molecular flexibility index (Phi) is 12.1. The number of halogens is 3. The van der Waals surface area contributed by atoms with Gasteiger partial charge in [-0.25, -0.2) is 9.59 Å².